The van der Waals surface area contributed by atoms with Crippen LogP contribution in [0.25, 0.3) is 16.9 Å². The van der Waals surface area contributed by atoms with Gasteiger partial charge in [-0.15, -0.1) is 5.10 Å². The SMILES string of the molecule is CN(C(=O)O)c1ccc(-c2nc([C@H](CC(=O)N3CCOCC3)NC(=O)CCc3cc(Cl)ccc3-n3cnnn3)[nH]c2Cl)cc1. The number of hydrogen-bond donors (Lipinski definition) is 3. The van der Waals surface area contributed by atoms with E-state index in [4.69, 9.17) is 27.9 Å². The smallest absolute Gasteiger partial charge is 0.411 e. The monoisotopic (exact) mass is 641 g/mol. The van der Waals surface area contributed by atoms with Gasteiger partial charge < -0.3 is 25.0 Å². The van der Waals surface area contributed by atoms with Crippen LogP contribution in [-0.2, 0) is 20.7 Å². The normalized spacial score (nSPS) is 13.8. The first-order valence-electron chi connectivity index (χ1n) is 13.7. The van der Waals surface area contributed by atoms with Crippen LogP contribution in [0.1, 0.15) is 30.3 Å². The molecule has 3 amide bonds. The Hall–Kier alpha value is -4.53. The highest BCUT2D eigenvalue weighted by Crippen LogP contribution is 2.30. The minimum Gasteiger partial charge on any atom is -0.465 e. The average molecular weight is 643 g/mol. The first kappa shape index (κ1) is 30.9. The fraction of sp³-hybridized carbons (Fsp3) is 0.321. The van der Waals surface area contributed by atoms with E-state index >= 15 is 0 Å². The molecular weight excluding hydrogens is 613 g/mol. The van der Waals surface area contributed by atoms with E-state index in [-0.39, 0.29) is 29.8 Å². The molecule has 0 saturated carbocycles. The summed E-state index contributed by atoms with van der Waals surface area (Å²) in [6, 6.07) is 11.1. The van der Waals surface area contributed by atoms with Gasteiger partial charge in [0, 0.05) is 42.8 Å². The first-order valence-corrected chi connectivity index (χ1v) is 14.4. The van der Waals surface area contributed by atoms with Gasteiger partial charge in [-0.05, 0) is 52.7 Å². The van der Waals surface area contributed by atoms with Gasteiger partial charge in [0.15, 0.2) is 0 Å². The predicted molar refractivity (Wildman–Crippen MR) is 161 cm³/mol. The highest BCUT2D eigenvalue weighted by molar-refractivity contribution is 6.32. The Kier molecular flexibility index (Phi) is 9.72. The van der Waals surface area contributed by atoms with E-state index in [0.717, 1.165) is 10.5 Å². The number of H-pyrrole nitrogens is 1. The summed E-state index contributed by atoms with van der Waals surface area (Å²) in [6.45, 7) is 1.79. The molecule has 1 aliphatic rings. The number of aromatic nitrogens is 6. The van der Waals surface area contributed by atoms with Crippen LogP contribution in [0.3, 0.4) is 0 Å². The Morgan fingerprint density at radius 2 is 1.89 bits per heavy atom. The van der Waals surface area contributed by atoms with Gasteiger partial charge >= 0.3 is 6.09 Å². The van der Waals surface area contributed by atoms with Gasteiger partial charge in [-0.3, -0.25) is 14.5 Å². The zero-order valence-corrected chi connectivity index (χ0v) is 25.1. The van der Waals surface area contributed by atoms with Crippen molar-refractivity contribution < 1.29 is 24.2 Å². The number of rotatable bonds is 10. The van der Waals surface area contributed by atoms with Gasteiger partial charge in [0.1, 0.15) is 23.0 Å². The maximum atomic E-state index is 13.3. The summed E-state index contributed by atoms with van der Waals surface area (Å²) >= 11 is 12.8. The van der Waals surface area contributed by atoms with Crippen molar-refractivity contribution in [2.45, 2.75) is 25.3 Å². The minimum absolute atomic E-state index is 0.0512. The van der Waals surface area contributed by atoms with E-state index in [0.29, 0.717) is 66.2 Å². The van der Waals surface area contributed by atoms with E-state index in [1.54, 1.807) is 47.4 Å². The minimum atomic E-state index is -1.09. The van der Waals surface area contributed by atoms with Gasteiger partial charge in [0.25, 0.3) is 0 Å². The zero-order chi connectivity index (χ0) is 31.2. The Labute approximate surface area is 261 Å². The quantitative estimate of drug-likeness (QED) is 0.234. The van der Waals surface area contributed by atoms with E-state index in [9.17, 15) is 19.5 Å². The molecule has 16 heteroatoms. The second-order valence-corrected chi connectivity index (χ2v) is 10.8. The van der Waals surface area contributed by atoms with Gasteiger partial charge in [0.2, 0.25) is 11.8 Å². The number of aromatic amines is 1. The number of hydrogen-bond acceptors (Lipinski definition) is 8. The number of anilines is 1. The standard InChI is InChI=1S/C28H29Cl2N9O5/c1-37(28(42)43)20-6-2-17(3-7-20)25-26(30)34-27(33-25)21(15-24(41)38-10-12-44-13-11-38)32-23(40)9-4-18-14-19(29)5-8-22(18)39-16-31-35-36-39/h2-3,5-8,14,16,21H,4,9-13,15H2,1H3,(H,32,40)(H,33,34)(H,42,43)/t21-/m0/s1. The van der Waals surface area contributed by atoms with Crippen molar-refractivity contribution in [1.82, 2.24) is 40.4 Å². The van der Waals surface area contributed by atoms with Crippen molar-refractivity contribution >= 4 is 46.8 Å². The molecule has 3 heterocycles. The summed E-state index contributed by atoms with van der Waals surface area (Å²) in [7, 11) is 1.44. The van der Waals surface area contributed by atoms with Crippen molar-refractivity contribution in [2.75, 3.05) is 38.3 Å². The highest BCUT2D eigenvalue weighted by atomic mass is 35.5. The third-order valence-corrected chi connectivity index (χ3v) is 7.67. The summed E-state index contributed by atoms with van der Waals surface area (Å²) in [4.78, 5) is 48.3. The number of nitrogens with one attached hydrogen (secondary N) is 2. The van der Waals surface area contributed by atoms with Crippen molar-refractivity contribution in [3.63, 3.8) is 0 Å². The van der Waals surface area contributed by atoms with Gasteiger partial charge in [-0.1, -0.05) is 35.3 Å². The lowest BCUT2D eigenvalue weighted by atomic mass is 10.1. The van der Waals surface area contributed by atoms with Crippen molar-refractivity contribution in [3.8, 4) is 16.9 Å². The van der Waals surface area contributed by atoms with Crippen LogP contribution in [-0.4, -0.2) is 91.4 Å². The summed E-state index contributed by atoms with van der Waals surface area (Å²) < 4.78 is 6.86. The number of ether oxygens (including phenoxy) is 1. The number of benzene rings is 2. The summed E-state index contributed by atoms with van der Waals surface area (Å²) in [5, 5.41) is 24.2. The number of amides is 3. The number of carboxylic acid groups (broad SMARTS) is 1. The molecule has 1 atom stereocenters. The lowest BCUT2D eigenvalue weighted by Crippen LogP contribution is -2.42. The number of carbonyl (C=O) groups is 3. The Bertz CT molecular complexity index is 1620. The molecule has 2 aromatic carbocycles. The molecule has 0 bridgehead atoms. The molecule has 230 valence electrons. The summed E-state index contributed by atoms with van der Waals surface area (Å²) in [5.41, 5.74) is 2.95. The fourth-order valence-electron chi connectivity index (χ4n) is 4.78. The number of morpholine rings is 1. The molecule has 5 rings (SSSR count). The molecule has 1 fully saturated rings. The maximum absolute atomic E-state index is 13.3. The van der Waals surface area contributed by atoms with Crippen molar-refractivity contribution in [1.29, 1.82) is 0 Å². The van der Waals surface area contributed by atoms with E-state index in [1.165, 1.54) is 18.1 Å². The third-order valence-electron chi connectivity index (χ3n) is 7.16. The molecule has 2 aromatic heterocycles. The van der Waals surface area contributed by atoms with Crippen LogP contribution in [0, 0.1) is 0 Å². The Morgan fingerprint density at radius 3 is 2.57 bits per heavy atom. The van der Waals surface area contributed by atoms with Crippen LogP contribution in [0.5, 0.6) is 0 Å². The number of aryl methyl sites for hydroxylation is 1. The molecule has 14 nitrogen and oxygen atoms in total. The van der Waals surface area contributed by atoms with Crippen molar-refractivity contribution in [2.24, 2.45) is 0 Å². The molecule has 3 N–H and O–H groups in total. The molecule has 1 saturated heterocycles. The van der Waals surface area contributed by atoms with Crippen LogP contribution in [0.2, 0.25) is 10.2 Å². The number of nitrogens with zero attached hydrogens (tertiary/aromatic N) is 7. The topological polar surface area (TPSA) is 171 Å². The molecule has 0 unspecified atom stereocenters. The Morgan fingerprint density at radius 1 is 1.14 bits per heavy atom. The lowest BCUT2D eigenvalue weighted by molar-refractivity contribution is -0.136. The summed E-state index contributed by atoms with van der Waals surface area (Å²) in [5.74, 6) is -0.170. The molecular formula is C28H29Cl2N9O5. The van der Waals surface area contributed by atoms with Crippen LogP contribution < -0.4 is 10.2 Å². The van der Waals surface area contributed by atoms with E-state index in [1.807, 2.05) is 0 Å². The molecule has 44 heavy (non-hydrogen) atoms. The zero-order valence-electron chi connectivity index (χ0n) is 23.6. The second kappa shape index (κ2) is 13.8. The average Bonchev–Trinajstić information content (AvgIpc) is 3.70. The molecule has 0 aliphatic carbocycles. The first-order chi connectivity index (χ1) is 21.2. The van der Waals surface area contributed by atoms with Crippen LogP contribution in [0.4, 0.5) is 10.5 Å². The molecule has 1 aliphatic heterocycles. The molecule has 0 radical (unpaired) electrons. The van der Waals surface area contributed by atoms with Crippen molar-refractivity contribution in [3.05, 3.63) is 70.4 Å². The Balaban J connectivity index is 1.35. The van der Waals surface area contributed by atoms with Crippen LogP contribution in [0.15, 0.2) is 48.8 Å². The predicted octanol–water partition coefficient (Wildman–Crippen LogP) is 3.51. The summed E-state index contributed by atoms with van der Waals surface area (Å²) in [6.07, 6.45) is 0.717. The third kappa shape index (κ3) is 7.33. The number of imidazole rings is 1. The maximum Gasteiger partial charge on any atom is 0.411 e. The molecule has 0 spiro atoms. The van der Waals surface area contributed by atoms with Gasteiger partial charge in [-0.25, -0.2) is 14.5 Å². The van der Waals surface area contributed by atoms with E-state index < -0.39 is 12.1 Å². The lowest BCUT2D eigenvalue weighted by Gasteiger charge is -2.28. The largest absolute Gasteiger partial charge is 0.465 e. The number of carbonyl (C=O) groups excluding carboxylic acids is 2. The van der Waals surface area contributed by atoms with Gasteiger partial charge in [0.05, 0.1) is 31.4 Å². The number of tetrazole rings is 1. The second-order valence-electron chi connectivity index (χ2n) is 10.0. The van der Waals surface area contributed by atoms with Crippen LogP contribution >= 0.6 is 23.2 Å². The number of halogens is 2. The van der Waals surface area contributed by atoms with Gasteiger partial charge in [-0.2, -0.15) is 0 Å². The fourth-order valence-corrected chi connectivity index (χ4v) is 5.22. The van der Waals surface area contributed by atoms with E-state index in [2.05, 4.69) is 30.8 Å². The highest BCUT2D eigenvalue weighted by Gasteiger charge is 2.27. The molecule has 4 aromatic rings.